The molecule has 2 aromatic rings. The van der Waals surface area contributed by atoms with Gasteiger partial charge in [0.05, 0.1) is 17.1 Å². The molecule has 0 aliphatic rings. The Morgan fingerprint density at radius 1 is 1.07 bits per heavy atom. The summed E-state index contributed by atoms with van der Waals surface area (Å²) in [5.41, 5.74) is 7.97. The van der Waals surface area contributed by atoms with Crippen LogP contribution in [0.3, 0.4) is 0 Å². The van der Waals surface area contributed by atoms with Crippen LogP contribution < -0.4 is 16.4 Å². The molecule has 0 saturated carbocycles. The van der Waals surface area contributed by atoms with Crippen molar-refractivity contribution >= 4 is 40.6 Å². The summed E-state index contributed by atoms with van der Waals surface area (Å²) in [6, 6.07) is 14.4. The highest BCUT2D eigenvalue weighted by atomic mass is 35.5. The third kappa shape index (κ3) is 6.92. The van der Waals surface area contributed by atoms with E-state index in [0.29, 0.717) is 22.3 Å². The molecule has 0 aliphatic carbocycles. The predicted octanol–water partition coefficient (Wildman–Crippen LogP) is 3.72. The molecule has 0 aromatic heterocycles. The van der Waals surface area contributed by atoms with Gasteiger partial charge in [-0.15, -0.1) is 0 Å². The number of hydrogen-bond acceptors (Lipinski definition) is 4. The van der Waals surface area contributed by atoms with E-state index in [2.05, 4.69) is 29.6 Å². The van der Waals surface area contributed by atoms with Crippen LogP contribution in [0.4, 0.5) is 11.4 Å². The molecule has 2 amide bonds. The number of benzene rings is 2. The highest BCUT2D eigenvalue weighted by Crippen LogP contribution is 2.20. The maximum Gasteiger partial charge on any atom is 0.265 e. The normalized spacial score (nSPS) is 11.2. The van der Waals surface area contributed by atoms with Crippen LogP contribution in [0, 0.1) is 0 Å². The number of amides is 2. The Hall–Kier alpha value is -3.06. The summed E-state index contributed by atoms with van der Waals surface area (Å²) in [6.45, 7) is 3.87. The number of para-hydroxylation sites is 1. The van der Waals surface area contributed by atoms with Crippen LogP contribution in [-0.4, -0.2) is 24.3 Å². The molecule has 0 bridgehead atoms. The number of nitrogens with zero attached hydrogens (tertiary/aromatic N) is 1. The largest absolute Gasteiger partial charge is 0.384 e. The number of carbonyl (C=O) groups excluding carboxylic acids is 2. The monoisotopic (exact) mass is 402 g/mol. The fourth-order valence-corrected chi connectivity index (χ4v) is 2.46. The van der Waals surface area contributed by atoms with Crippen molar-refractivity contribution in [2.45, 2.75) is 26.2 Å². The highest BCUT2D eigenvalue weighted by molar-refractivity contribution is 6.33. The summed E-state index contributed by atoms with van der Waals surface area (Å²) in [6.07, 6.45) is -0.191. The number of rotatable bonds is 8. The van der Waals surface area contributed by atoms with E-state index in [1.807, 2.05) is 24.3 Å². The maximum atomic E-state index is 11.9. The van der Waals surface area contributed by atoms with Gasteiger partial charge < -0.3 is 21.2 Å². The number of amidine groups is 1. The van der Waals surface area contributed by atoms with Gasteiger partial charge in [-0.3, -0.25) is 9.59 Å². The van der Waals surface area contributed by atoms with Crippen LogP contribution in [0.1, 0.15) is 31.7 Å². The second kappa shape index (κ2) is 10.3. The Kier molecular flexibility index (Phi) is 7.83. The lowest BCUT2D eigenvalue weighted by molar-refractivity contribution is -0.120. The van der Waals surface area contributed by atoms with Crippen molar-refractivity contribution in [2.24, 2.45) is 10.9 Å². The zero-order chi connectivity index (χ0) is 20.5. The number of halogens is 1. The summed E-state index contributed by atoms with van der Waals surface area (Å²) in [5.74, 6) is -0.416. The second-order valence-corrected chi connectivity index (χ2v) is 6.79. The van der Waals surface area contributed by atoms with Crippen molar-refractivity contribution in [3.05, 3.63) is 59.1 Å². The minimum Gasteiger partial charge on any atom is -0.384 e. The number of oxime groups is 1. The molecule has 2 aromatic carbocycles. The van der Waals surface area contributed by atoms with Crippen molar-refractivity contribution < 1.29 is 14.4 Å². The molecule has 148 valence electrons. The van der Waals surface area contributed by atoms with Crippen molar-refractivity contribution in [1.29, 1.82) is 0 Å². The second-order valence-electron chi connectivity index (χ2n) is 6.39. The first-order valence-corrected chi connectivity index (χ1v) is 9.11. The lowest BCUT2D eigenvalue weighted by atomic mass is 10.0. The Labute approximate surface area is 168 Å². The summed E-state index contributed by atoms with van der Waals surface area (Å²) in [5, 5.41) is 9.32. The average molecular weight is 403 g/mol. The average Bonchev–Trinajstić information content (AvgIpc) is 2.64. The SMILES string of the molecule is CC(C)c1ccc(NC(=O)CO/N=C(/N)CC(=O)Nc2ccccc2Cl)cc1. The number of anilines is 2. The van der Waals surface area contributed by atoms with Crippen molar-refractivity contribution in [3.8, 4) is 0 Å². The lowest BCUT2D eigenvalue weighted by Gasteiger charge is -2.08. The Balaban J connectivity index is 1.75. The summed E-state index contributed by atoms with van der Waals surface area (Å²) in [4.78, 5) is 28.7. The third-order valence-electron chi connectivity index (χ3n) is 3.73. The van der Waals surface area contributed by atoms with E-state index in [-0.39, 0.29) is 24.8 Å². The molecule has 0 fully saturated rings. The van der Waals surface area contributed by atoms with E-state index in [1.54, 1.807) is 24.3 Å². The lowest BCUT2D eigenvalue weighted by Crippen LogP contribution is -2.23. The highest BCUT2D eigenvalue weighted by Gasteiger charge is 2.09. The molecular formula is C20H23ClN4O3. The molecular weight excluding hydrogens is 380 g/mol. The fraction of sp³-hybridized carbons (Fsp3) is 0.250. The predicted molar refractivity (Wildman–Crippen MR) is 111 cm³/mol. The molecule has 0 radical (unpaired) electrons. The van der Waals surface area contributed by atoms with Gasteiger partial charge in [0, 0.05) is 5.69 Å². The van der Waals surface area contributed by atoms with Crippen molar-refractivity contribution in [2.75, 3.05) is 17.2 Å². The van der Waals surface area contributed by atoms with Gasteiger partial charge in [-0.1, -0.05) is 54.9 Å². The molecule has 8 heteroatoms. The van der Waals surface area contributed by atoms with Crippen molar-refractivity contribution in [3.63, 3.8) is 0 Å². The van der Waals surface area contributed by atoms with E-state index < -0.39 is 5.91 Å². The third-order valence-corrected chi connectivity index (χ3v) is 4.06. The van der Waals surface area contributed by atoms with E-state index in [9.17, 15) is 9.59 Å². The first kappa shape index (κ1) is 21.2. The minimum atomic E-state index is -0.396. The number of nitrogens with two attached hydrogens (primary N) is 1. The van der Waals surface area contributed by atoms with Gasteiger partial charge in [-0.05, 0) is 35.7 Å². The van der Waals surface area contributed by atoms with Crippen LogP contribution >= 0.6 is 11.6 Å². The smallest absolute Gasteiger partial charge is 0.265 e. The van der Waals surface area contributed by atoms with Gasteiger partial charge >= 0.3 is 0 Å². The van der Waals surface area contributed by atoms with Gasteiger partial charge in [-0.2, -0.15) is 0 Å². The molecule has 0 atom stereocenters. The van der Waals surface area contributed by atoms with Gasteiger partial charge in [0.25, 0.3) is 5.91 Å². The van der Waals surface area contributed by atoms with Gasteiger partial charge in [0.2, 0.25) is 5.91 Å². The van der Waals surface area contributed by atoms with Crippen molar-refractivity contribution in [1.82, 2.24) is 0 Å². The quantitative estimate of drug-likeness (QED) is 0.355. The zero-order valence-electron chi connectivity index (χ0n) is 15.7. The van der Waals surface area contributed by atoms with E-state index >= 15 is 0 Å². The molecule has 0 unspecified atom stereocenters. The fourth-order valence-electron chi connectivity index (χ4n) is 2.28. The first-order valence-electron chi connectivity index (χ1n) is 8.73. The Bertz CT molecular complexity index is 851. The molecule has 28 heavy (non-hydrogen) atoms. The van der Waals surface area contributed by atoms with E-state index in [0.717, 1.165) is 0 Å². The first-order chi connectivity index (χ1) is 13.3. The Morgan fingerprint density at radius 2 is 1.75 bits per heavy atom. The molecule has 0 heterocycles. The number of nitrogens with one attached hydrogen (secondary N) is 2. The van der Waals surface area contributed by atoms with Crippen LogP contribution in [0.2, 0.25) is 5.02 Å². The zero-order valence-corrected chi connectivity index (χ0v) is 16.5. The van der Waals surface area contributed by atoms with Gasteiger partial charge in [0.15, 0.2) is 6.61 Å². The summed E-state index contributed by atoms with van der Waals surface area (Å²) in [7, 11) is 0. The van der Waals surface area contributed by atoms with Gasteiger partial charge in [0.1, 0.15) is 5.84 Å². The van der Waals surface area contributed by atoms with Crippen LogP contribution in [0.5, 0.6) is 0 Å². The van der Waals surface area contributed by atoms with E-state index in [4.69, 9.17) is 22.2 Å². The maximum absolute atomic E-state index is 11.9. The van der Waals surface area contributed by atoms with Gasteiger partial charge in [-0.25, -0.2) is 0 Å². The van der Waals surface area contributed by atoms with Crippen LogP contribution in [-0.2, 0) is 14.4 Å². The summed E-state index contributed by atoms with van der Waals surface area (Å²) >= 11 is 5.97. The molecule has 4 N–H and O–H groups in total. The molecule has 0 spiro atoms. The number of hydrogen-bond donors (Lipinski definition) is 3. The summed E-state index contributed by atoms with van der Waals surface area (Å²) < 4.78 is 0. The minimum absolute atomic E-state index is 0.0568. The van der Waals surface area contributed by atoms with Crippen LogP contribution in [0.15, 0.2) is 53.7 Å². The molecule has 0 saturated heterocycles. The molecule has 7 nitrogen and oxygen atoms in total. The molecule has 2 rings (SSSR count). The topological polar surface area (TPSA) is 106 Å². The van der Waals surface area contributed by atoms with E-state index in [1.165, 1.54) is 5.56 Å². The number of carbonyl (C=O) groups is 2. The Morgan fingerprint density at radius 3 is 2.39 bits per heavy atom. The standard InChI is InChI=1S/C20H23ClN4O3/c1-13(2)14-7-9-15(10-8-14)23-20(27)12-28-25-18(22)11-19(26)24-17-6-4-3-5-16(17)21/h3-10,13H,11-12H2,1-2H3,(H2,22,25)(H,23,27)(H,24,26). The molecule has 0 aliphatic heterocycles. The van der Waals surface area contributed by atoms with Crippen LogP contribution in [0.25, 0.3) is 0 Å².